The van der Waals surface area contributed by atoms with E-state index in [2.05, 4.69) is 4.98 Å². The van der Waals surface area contributed by atoms with Gasteiger partial charge in [0.15, 0.2) is 5.69 Å². The van der Waals surface area contributed by atoms with Gasteiger partial charge in [0.1, 0.15) is 17.3 Å². The fraction of sp³-hybridized carbons (Fsp3) is 0.0588. The average molecular weight is 295 g/mol. The number of hydrogen-bond acceptors (Lipinski definition) is 4. The molecule has 0 atom stereocenters. The molecule has 22 heavy (non-hydrogen) atoms. The molecule has 0 bridgehead atoms. The molecule has 3 rings (SSSR count). The van der Waals surface area contributed by atoms with Crippen LogP contribution in [0.25, 0.3) is 11.5 Å². The number of nitrogens with zero attached hydrogens (tertiary/aromatic N) is 1. The maximum Gasteiger partial charge on any atom is 0.358 e. The maximum atomic E-state index is 11.0. The molecule has 0 fully saturated rings. The highest BCUT2D eigenvalue weighted by Crippen LogP contribution is 2.26. The number of aromatic nitrogens is 1. The number of ether oxygens (including phenoxy) is 1. The quantitative estimate of drug-likeness (QED) is 0.783. The Bertz CT molecular complexity index is 791. The smallest absolute Gasteiger partial charge is 0.358 e. The van der Waals surface area contributed by atoms with E-state index in [4.69, 9.17) is 14.3 Å². The summed E-state index contributed by atoms with van der Waals surface area (Å²) in [5.74, 6) is 0.886. The van der Waals surface area contributed by atoms with E-state index in [-0.39, 0.29) is 17.3 Å². The maximum absolute atomic E-state index is 11.0. The molecule has 1 aromatic heterocycles. The Morgan fingerprint density at radius 3 is 2.27 bits per heavy atom. The Balaban J connectivity index is 1.82. The van der Waals surface area contributed by atoms with Crippen molar-refractivity contribution in [1.82, 2.24) is 4.98 Å². The molecule has 110 valence electrons. The Morgan fingerprint density at radius 2 is 1.68 bits per heavy atom. The standard InChI is InChI=1S/C17H13NO4/c1-11-15(17(19)20)18-16(21-11)12-7-9-14(10-8-12)22-13-5-3-2-4-6-13/h2-10H,1H3,(H,19,20). The van der Waals surface area contributed by atoms with E-state index < -0.39 is 5.97 Å². The van der Waals surface area contributed by atoms with Crippen LogP contribution in [0.3, 0.4) is 0 Å². The first kappa shape index (κ1) is 13.9. The SMILES string of the molecule is Cc1oc(-c2ccc(Oc3ccccc3)cc2)nc1C(=O)O. The van der Waals surface area contributed by atoms with Crippen LogP contribution in [0.1, 0.15) is 16.2 Å². The predicted octanol–water partition coefficient (Wildman–Crippen LogP) is 4.14. The molecular formula is C17H13NO4. The molecule has 1 N–H and O–H groups in total. The second-order valence-corrected chi connectivity index (χ2v) is 4.67. The number of carboxylic acid groups (broad SMARTS) is 1. The van der Waals surface area contributed by atoms with E-state index in [0.29, 0.717) is 11.3 Å². The number of carboxylic acids is 1. The molecule has 2 aromatic carbocycles. The molecule has 5 nitrogen and oxygen atoms in total. The average Bonchev–Trinajstić information content (AvgIpc) is 2.91. The number of hydrogen-bond donors (Lipinski definition) is 1. The van der Waals surface area contributed by atoms with E-state index in [1.165, 1.54) is 0 Å². The van der Waals surface area contributed by atoms with Gasteiger partial charge < -0.3 is 14.3 Å². The Hall–Kier alpha value is -3.08. The van der Waals surface area contributed by atoms with Crippen LogP contribution in [0, 0.1) is 6.92 Å². The summed E-state index contributed by atoms with van der Waals surface area (Å²) in [5, 5.41) is 8.99. The lowest BCUT2D eigenvalue weighted by atomic mass is 10.2. The number of aromatic carboxylic acids is 1. The third-order valence-corrected chi connectivity index (χ3v) is 3.08. The zero-order valence-electron chi connectivity index (χ0n) is 11.8. The zero-order valence-corrected chi connectivity index (χ0v) is 11.8. The van der Waals surface area contributed by atoms with E-state index in [1.54, 1.807) is 31.2 Å². The van der Waals surface area contributed by atoms with Crippen LogP contribution in [0.15, 0.2) is 59.0 Å². The molecule has 0 saturated carbocycles. The summed E-state index contributed by atoms with van der Waals surface area (Å²) in [6.07, 6.45) is 0. The minimum atomic E-state index is -1.10. The second-order valence-electron chi connectivity index (χ2n) is 4.67. The van der Waals surface area contributed by atoms with E-state index in [1.807, 2.05) is 30.3 Å². The number of aryl methyl sites for hydroxylation is 1. The lowest BCUT2D eigenvalue weighted by Crippen LogP contribution is -1.98. The lowest BCUT2D eigenvalue weighted by molar-refractivity contribution is 0.0689. The number of oxazole rings is 1. The van der Waals surface area contributed by atoms with Crippen LogP contribution < -0.4 is 4.74 Å². The molecule has 0 amide bonds. The summed E-state index contributed by atoms with van der Waals surface area (Å²) < 4.78 is 11.1. The summed E-state index contributed by atoms with van der Waals surface area (Å²) in [4.78, 5) is 15.0. The largest absolute Gasteiger partial charge is 0.476 e. The van der Waals surface area contributed by atoms with Gasteiger partial charge in [-0.05, 0) is 43.3 Å². The minimum absolute atomic E-state index is 0.0698. The van der Waals surface area contributed by atoms with Crippen LogP contribution >= 0.6 is 0 Å². The van der Waals surface area contributed by atoms with Gasteiger partial charge in [0.2, 0.25) is 5.89 Å². The molecule has 0 unspecified atom stereocenters. The first-order valence-corrected chi connectivity index (χ1v) is 6.67. The summed E-state index contributed by atoms with van der Waals surface area (Å²) in [5.41, 5.74) is 0.621. The van der Waals surface area contributed by atoms with Gasteiger partial charge in [-0.2, -0.15) is 0 Å². The summed E-state index contributed by atoms with van der Waals surface area (Å²) >= 11 is 0. The molecule has 3 aromatic rings. The highest BCUT2D eigenvalue weighted by Gasteiger charge is 2.16. The van der Waals surface area contributed by atoms with Crippen molar-refractivity contribution in [3.63, 3.8) is 0 Å². The third kappa shape index (κ3) is 2.83. The Labute approximate surface area is 126 Å². The summed E-state index contributed by atoms with van der Waals surface area (Å²) in [7, 11) is 0. The lowest BCUT2D eigenvalue weighted by Gasteiger charge is -2.05. The van der Waals surface area contributed by atoms with Gasteiger partial charge in [-0.25, -0.2) is 9.78 Å². The first-order chi connectivity index (χ1) is 10.6. The first-order valence-electron chi connectivity index (χ1n) is 6.67. The number of rotatable bonds is 4. The van der Waals surface area contributed by atoms with Crippen molar-refractivity contribution in [2.24, 2.45) is 0 Å². The summed E-state index contributed by atoms with van der Waals surface area (Å²) in [6, 6.07) is 16.5. The molecule has 5 heteroatoms. The zero-order chi connectivity index (χ0) is 15.5. The molecular weight excluding hydrogens is 282 g/mol. The number of benzene rings is 2. The van der Waals surface area contributed by atoms with Gasteiger partial charge in [-0.15, -0.1) is 0 Å². The van der Waals surface area contributed by atoms with Crippen molar-refractivity contribution in [2.45, 2.75) is 6.92 Å². The van der Waals surface area contributed by atoms with Gasteiger partial charge in [-0.1, -0.05) is 18.2 Å². The fourth-order valence-electron chi connectivity index (χ4n) is 2.01. The van der Waals surface area contributed by atoms with E-state index in [9.17, 15) is 4.79 Å². The molecule has 0 aliphatic heterocycles. The highest BCUT2D eigenvalue weighted by molar-refractivity contribution is 5.87. The van der Waals surface area contributed by atoms with Crippen molar-refractivity contribution in [3.05, 3.63) is 66.1 Å². The van der Waals surface area contributed by atoms with Gasteiger partial charge in [0, 0.05) is 5.56 Å². The van der Waals surface area contributed by atoms with Crippen LogP contribution in [0.4, 0.5) is 0 Å². The van der Waals surface area contributed by atoms with Gasteiger partial charge in [0.25, 0.3) is 0 Å². The van der Waals surface area contributed by atoms with Crippen molar-refractivity contribution in [3.8, 4) is 23.0 Å². The molecule has 0 aliphatic rings. The Morgan fingerprint density at radius 1 is 1.05 bits per heavy atom. The molecule has 0 spiro atoms. The van der Waals surface area contributed by atoms with Crippen LogP contribution in [0.2, 0.25) is 0 Å². The van der Waals surface area contributed by atoms with E-state index >= 15 is 0 Å². The van der Waals surface area contributed by atoms with Gasteiger partial charge >= 0.3 is 5.97 Å². The number of para-hydroxylation sites is 1. The Kier molecular flexibility index (Phi) is 3.62. The van der Waals surface area contributed by atoms with Crippen molar-refractivity contribution in [2.75, 3.05) is 0 Å². The van der Waals surface area contributed by atoms with Gasteiger partial charge in [0.05, 0.1) is 0 Å². The van der Waals surface area contributed by atoms with E-state index in [0.717, 1.165) is 5.75 Å². The molecule has 0 aliphatic carbocycles. The van der Waals surface area contributed by atoms with Gasteiger partial charge in [-0.3, -0.25) is 0 Å². The molecule has 0 radical (unpaired) electrons. The van der Waals surface area contributed by atoms with Crippen molar-refractivity contribution < 1.29 is 19.1 Å². The highest BCUT2D eigenvalue weighted by atomic mass is 16.5. The normalized spacial score (nSPS) is 10.4. The third-order valence-electron chi connectivity index (χ3n) is 3.08. The second kappa shape index (κ2) is 5.73. The van der Waals surface area contributed by atoms with Crippen molar-refractivity contribution >= 4 is 5.97 Å². The van der Waals surface area contributed by atoms with Crippen LogP contribution in [-0.4, -0.2) is 16.1 Å². The predicted molar refractivity (Wildman–Crippen MR) is 80.2 cm³/mol. The summed E-state index contributed by atoms with van der Waals surface area (Å²) in [6.45, 7) is 1.58. The fourth-order valence-corrected chi connectivity index (χ4v) is 2.01. The topological polar surface area (TPSA) is 72.6 Å². The van der Waals surface area contributed by atoms with Crippen molar-refractivity contribution in [1.29, 1.82) is 0 Å². The minimum Gasteiger partial charge on any atom is -0.476 e. The molecule has 0 saturated heterocycles. The molecule has 1 heterocycles. The van der Waals surface area contributed by atoms with Crippen LogP contribution in [-0.2, 0) is 0 Å². The monoisotopic (exact) mass is 295 g/mol. The van der Waals surface area contributed by atoms with Crippen LogP contribution in [0.5, 0.6) is 11.5 Å². The number of carbonyl (C=O) groups is 1.